The molecule has 0 aromatic carbocycles. The lowest BCUT2D eigenvalue weighted by atomic mass is 9.86. The zero-order chi connectivity index (χ0) is 6.20. The monoisotopic (exact) mass is 114 g/mol. The van der Waals surface area contributed by atoms with E-state index in [1.165, 1.54) is 5.01 Å². The molecule has 0 unspecified atom stereocenters. The number of nitroso groups, excluding NO2 is 1. The Labute approximate surface area is 48.6 Å². The Morgan fingerprint density at radius 3 is 2.12 bits per heavy atom. The van der Waals surface area contributed by atoms with E-state index < -0.39 is 0 Å². The number of hydrogen-bond acceptors (Lipinski definition) is 2. The van der Waals surface area contributed by atoms with Crippen LogP contribution in [0, 0.1) is 10.3 Å². The van der Waals surface area contributed by atoms with Crippen LogP contribution in [0.15, 0.2) is 5.29 Å². The summed E-state index contributed by atoms with van der Waals surface area (Å²) in [6, 6.07) is 0. The summed E-state index contributed by atoms with van der Waals surface area (Å²) in [5, 5.41) is 4.30. The van der Waals surface area contributed by atoms with Crippen molar-refractivity contribution in [2.24, 2.45) is 10.7 Å². The summed E-state index contributed by atoms with van der Waals surface area (Å²) in [5.74, 6) is 0. The lowest BCUT2D eigenvalue weighted by Gasteiger charge is -2.41. The molecule has 8 heavy (non-hydrogen) atoms. The Morgan fingerprint density at radius 2 is 2.00 bits per heavy atom. The van der Waals surface area contributed by atoms with E-state index in [4.69, 9.17) is 0 Å². The largest absolute Gasteiger partial charge is 0.260 e. The summed E-state index contributed by atoms with van der Waals surface area (Å²) in [7, 11) is 0. The first-order valence-electron chi connectivity index (χ1n) is 2.72. The van der Waals surface area contributed by atoms with Crippen LogP contribution in [-0.2, 0) is 0 Å². The van der Waals surface area contributed by atoms with Crippen molar-refractivity contribution < 1.29 is 0 Å². The van der Waals surface area contributed by atoms with Crippen LogP contribution >= 0.6 is 0 Å². The maximum atomic E-state index is 9.75. The van der Waals surface area contributed by atoms with Crippen LogP contribution in [0.3, 0.4) is 0 Å². The summed E-state index contributed by atoms with van der Waals surface area (Å²) in [5.41, 5.74) is 0.327. The summed E-state index contributed by atoms with van der Waals surface area (Å²) >= 11 is 0. The Bertz CT molecular complexity index is 103. The molecule has 0 spiro atoms. The highest BCUT2D eigenvalue weighted by Crippen LogP contribution is 2.28. The SMILES string of the molecule is CC1(C)CN(N=O)C1. The number of rotatable bonds is 1. The molecule has 1 aliphatic heterocycles. The number of hydrogen-bond donors (Lipinski definition) is 0. The molecule has 0 radical (unpaired) electrons. The molecule has 46 valence electrons. The van der Waals surface area contributed by atoms with Crippen LogP contribution in [0.5, 0.6) is 0 Å². The second-order valence-corrected chi connectivity index (χ2v) is 3.07. The van der Waals surface area contributed by atoms with Gasteiger partial charge in [-0.05, 0) is 0 Å². The maximum absolute atomic E-state index is 9.75. The molecule has 0 atom stereocenters. The molecular weight excluding hydrogens is 104 g/mol. The van der Waals surface area contributed by atoms with Crippen molar-refractivity contribution in [3.63, 3.8) is 0 Å². The predicted octanol–water partition coefficient (Wildman–Crippen LogP) is 1.01. The molecule has 0 amide bonds. The molecular formula is C5H10N2O. The smallest absolute Gasteiger partial charge is 0.0524 e. The molecule has 0 aromatic heterocycles. The van der Waals surface area contributed by atoms with Gasteiger partial charge < -0.3 is 0 Å². The van der Waals surface area contributed by atoms with E-state index >= 15 is 0 Å². The Balaban J connectivity index is 2.31. The van der Waals surface area contributed by atoms with Gasteiger partial charge in [-0.3, -0.25) is 5.01 Å². The van der Waals surface area contributed by atoms with Gasteiger partial charge in [-0.25, -0.2) is 0 Å². The lowest BCUT2D eigenvalue weighted by molar-refractivity contribution is 0.0321. The van der Waals surface area contributed by atoms with Crippen LogP contribution in [0.1, 0.15) is 13.8 Å². The molecule has 0 saturated carbocycles. The van der Waals surface area contributed by atoms with Gasteiger partial charge in [0.1, 0.15) is 0 Å². The molecule has 0 aromatic rings. The zero-order valence-electron chi connectivity index (χ0n) is 5.22. The van der Waals surface area contributed by atoms with E-state index in [-0.39, 0.29) is 0 Å². The van der Waals surface area contributed by atoms with Gasteiger partial charge in [0.05, 0.1) is 5.29 Å². The van der Waals surface area contributed by atoms with Crippen molar-refractivity contribution in [3.05, 3.63) is 4.91 Å². The van der Waals surface area contributed by atoms with E-state index in [0.717, 1.165) is 13.1 Å². The fraction of sp³-hybridized carbons (Fsp3) is 1.00. The Kier molecular flexibility index (Phi) is 0.994. The minimum absolute atomic E-state index is 0.327. The molecule has 1 saturated heterocycles. The summed E-state index contributed by atoms with van der Waals surface area (Å²) in [6.07, 6.45) is 0. The first-order valence-corrected chi connectivity index (χ1v) is 2.72. The Morgan fingerprint density at radius 1 is 1.50 bits per heavy atom. The zero-order valence-corrected chi connectivity index (χ0v) is 5.22. The van der Waals surface area contributed by atoms with E-state index in [1.54, 1.807) is 0 Å². The Hall–Kier alpha value is -0.600. The molecule has 3 nitrogen and oxygen atoms in total. The first-order chi connectivity index (χ1) is 3.64. The lowest BCUT2D eigenvalue weighted by Crippen LogP contribution is -2.49. The topological polar surface area (TPSA) is 32.7 Å². The molecule has 0 aliphatic carbocycles. The highest BCUT2D eigenvalue weighted by Gasteiger charge is 2.34. The molecule has 0 N–H and O–H groups in total. The van der Waals surface area contributed by atoms with Gasteiger partial charge in [-0.1, -0.05) is 13.8 Å². The van der Waals surface area contributed by atoms with Crippen LogP contribution in [0.25, 0.3) is 0 Å². The summed E-state index contributed by atoms with van der Waals surface area (Å²) in [4.78, 5) is 9.75. The molecule has 1 fully saturated rings. The predicted molar refractivity (Wildman–Crippen MR) is 31.1 cm³/mol. The van der Waals surface area contributed by atoms with Crippen LogP contribution < -0.4 is 0 Å². The highest BCUT2D eigenvalue weighted by atomic mass is 16.3. The van der Waals surface area contributed by atoms with Crippen molar-refractivity contribution in [1.82, 2.24) is 5.01 Å². The van der Waals surface area contributed by atoms with Gasteiger partial charge in [-0.2, -0.15) is 0 Å². The van der Waals surface area contributed by atoms with Crippen molar-refractivity contribution in [2.75, 3.05) is 13.1 Å². The number of nitrogens with zero attached hydrogens (tertiary/aromatic N) is 2. The highest BCUT2D eigenvalue weighted by molar-refractivity contribution is 4.84. The van der Waals surface area contributed by atoms with Crippen molar-refractivity contribution in [3.8, 4) is 0 Å². The summed E-state index contributed by atoms with van der Waals surface area (Å²) < 4.78 is 0. The standard InChI is InChI=1S/C5H10N2O/c1-5(2)3-7(4-5)6-8/h3-4H2,1-2H3. The van der Waals surface area contributed by atoms with Crippen LogP contribution in [0.2, 0.25) is 0 Å². The quantitative estimate of drug-likeness (QED) is 0.476. The normalized spacial score (nSPS) is 24.5. The minimum Gasteiger partial charge on any atom is -0.260 e. The average molecular weight is 114 g/mol. The van der Waals surface area contributed by atoms with E-state index in [1.807, 2.05) is 0 Å². The minimum atomic E-state index is 0.327. The fourth-order valence-corrected chi connectivity index (χ4v) is 1.000. The van der Waals surface area contributed by atoms with Gasteiger partial charge >= 0.3 is 0 Å². The molecule has 0 bridgehead atoms. The molecule has 3 heteroatoms. The average Bonchev–Trinajstić information content (AvgIpc) is 1.60. The van der Waals surface area contributed by atoms with Gasteiger partial charge in [0.25, 0.3) is 0 Å². The van der Waals surface area contributed by atoms with Crippen molar-refractivity contribution in [2.45, 2.75) is 13.8 Å². The van der Waals surface area contributed by atoms with E-state index in [9.17, 15) is 4.91 Å². The van der Waals surface area contributed by atoms with Gasteiger partial charge in [0, 0.05) is 18.5 Å². The molecule has 1 aliphatic rings. The second kappa shape index (κ2) is 1.44. The van der Waals surface area contributed by atoms with Crippen molar-refractivity contribution in [1.29, 1.82) is 0 Å². The van der Waals surface area contributed by atoms with Gasteiger partial charge in [-0.15, -0.1) is 4.91 Å². The third kappa shape index (κ3) is 0.804. The van der Waals surface area contributed by atoms with E-state index in [0.29, 0.717) is 5.41 Å². The third-order valence-corrected chi connectivity index (χ3v) is 1.34. The third-order valence-electron chi connectivity index (χ3n) is 1.34. The second-order valence-electron chi connectivity index (χ2n) is 3.07. The van der Waals surface area contributed by atoms with Crippen LogP contribution in [0.4, 0.5) is 0 Å². The molecule has 1 heterocycles. The maximum Gasteiger partial charge on any atom is 0.0524 e. The fourth-order valence-electron chi connectivity index (χ4n) is 1.000. The first kappa shape index (κ1) is 5.54. The van der Waals surface area contributed by atoms with Crippen LogP contribution in [-0.4, -0.2) is 18.1 Å². The van der Waals surface area contributed by atoms with E-state index in [2.05, 4.69) is 19.1 Å². The molecule has 1 rings (SSSR count). The summed E-state index contributed by atoms with van der Waals surface area (Å²) in [6.45, 7) is 5.87. The van der Waals surface area contributed by atoms with Gasteiger partial charge in [0.15, 0.2) is 0 Å². The van der Waals surface area contributed by atoms with Gasteiger partial charge in [0.2, 0.25) is 0 Å². The van der Waals surface area contributed by atoms with Crippen molar-refractivity contribution >= 4 is 0 Å².